The monoisotopic (exact) mass is 178 g/mol. The highest BCUT2D eigenvalue weighted by molar-refractivity contribution is 5.37. The number of piperazine rings is 1. The van der Waals surface area contributed by atoms with Crippen LogP contribution < -0.4 is 10.2 Å². The molecule has 1 aromatic heterocycles. The van der Waals surface area contributed by atoms with Crippen molar-refractivity contribution in [1.29, 1.82) is 0 Å². The van der Waals surface area contributed by atoms with Crippen molar-refractivity contribution in [3.8, 4) is 0 Å². The van der Waals surface area contributed by atoms with Gasteiger partial charge in [0.2, 0.25) is 0 Å². The van der Waals surface area contributed by atoms with E-state index >= 15 is 0 Å². The second-order valence-electron chi connectivity index (χ2n) is 3.31. The van der Waals surface area contributed by atoms with Gasteiger partial charge >= 0.3 is 0 Å². The van der Waals surface area contributed by atoms with E-state index < -0.39 is 0 Å². The van der Waals surface area contributed by atoms with Crippen LogP contribution in [0.25, 0.3) is 0 Å². The minimum Gasteiger partial charge on any atom is -0.350 e. The summed E-state index contributed by atoms with van der Waals surface area (Å²) in [6.07, 6.45) is 5.27. The summed E-state index contributed by atoms with van der Waals surface area (Å²) in [4.78, 5) is 10.6. The van der Waals surface area contributed by atoms with Crippen molar-refractivity contribution in [2.75, 3.05) is 24.5 Å². The maximum absolute atomic E-state index is 4.29. The molecule has 4 nitrogen and oxygen atoms in total. The molecule has 1 fully saturated rings. The topological polar surface area (TPSA) is 41.0 Å². The molecule has 1 aliphatic rings. The number of rotatable bonds is 1. The molecule has 0 aliphatic carbocycles. The van der Waals surface area contributed by atoms with Crippen molar-refractivity contribution in [3.05, 3.63) is 18.6 Å². The molecule has 2 heterocycles. The van der Waals surface area contributed by atoms with E-state index in [4.69, 9.17) is 0 Å². The van der Waals surface area contributed by atoms with Crippen molar-refractivity contribution in [3.63, 3.8) is 0 Å². The van der Waals surface area contributed by atoms with E-state index in [0.717, 1.165) is 25.5 Å². The van der Waals surface area contributed by atoms with Gasteiger partial charge in [0.05, 0.1) is 6.20 Å². The zero-order chi connectivity index (χ0) is 9.10. The van der Waals surface area contributed by atoms with Crippen LogP contribution in [-0.2, 0) is 0 Å². The van der Waals surface area contributed by atoms with E-state index in [1.54, 1.807) is 12.4 Å². The van der Waals surface area contributed by atoms with Gasteiger partial charge in [-0.05, 0) is 6.92 Å². The molecular formula is C9H14N4. The highest BCUT2D eigenvalue weighted by atomic mass is 15.3. The van der Waals surface area contributed by atoms with Crippen molar-refractivity contribution < 1.29 is 0 Å². The lowest BCUT2D eigenvalue weighted by molar-refractivity contribution is 0.496. The van der Waals surface area contributed by atoms with Crippen molar-refractivity contribution in [2.45, 2.75) is 13.0 Å². The predicted octanol–water partition coefficient (Wildman–Crippen LogP) is 0.275. The van der Waals surface area contributed by atoms with Crippen LogP contribution >= 0.6 is 0 Å². The molecule has 1 aliphatic heterocycles. The van der Waals surface area contributed by atoms with E-state index in [2.05, 4.69) is 27.1 Å². The van der Waals surface area contributed by atoms with Crippen molar-refractivity contribution in [1.82, 2.24) is 15.3 Å². The smallest absolute Gasteiger partial charge is 0.147 e. The molecule has 0 spiro atoms. The lowest BCUT2D eigenvalue weighted by Crippen LogP contribution is -2.50. The maximum atomic E-state index is 4.29. The Labute approximate surface area is 78.0 Å². The second kappa shape index (κ2) is 3.70. The molecular weight excluding hydrogens is 164 g/mol. The number of anilines is 1. The molecule has 0 radical (unpaired) electrons. The van der Waals surface area contributed by atoms with Crippen LogP contribution in [0.5, 0.6) is 0 Å². The number of hydrogen-bond acceptors (Lipinski definition) is 4. The molecule has 0 saturated carbocycles. The molecule has 0 bridgehead atoms. The summed E-state index contributed by atoms with van der Waals surface area (Å²) in [6.45, 7) is 5.26. The number of aromatic nitrogens is 2. The van der Waals surface area contributed by atoms with E-state index in [0.29, 0.717) is 6.04 Å². The first-order chi connectivity index (χ1) is 6.38. The normalized spacial score (nSPS) is 23.2. The average Bonchev–Trinajstić information content (AvgIpc) is 2.20. The summed E-state index contributed by atoms with van der Waals surface area (Å²) in [5.41, 5.74) is 0. The van der Waals surface area contributed by atoms with E-state index in [1.165, 1.54) is 0 Å². The van der Waals surface area contributed by atoms with E-state index in [-0.39, 0.29) is 0 Å². The minimum absolute atomic E-state index is 0.505. The third-order valence-electron chi connectivity index (χ3n) is 2.35. The fourth-order valence-corrected chi connectivity index (χ4v) is 1.62. The zero-order valence-electron chi connectivity index (χ0n) is 7.77. The average molecular weight is 178 g/mol. The molecule has 0 aromatic carbocycles. The highest BCUT2D eigenvalue weighted by Gasteiger charge is 2.18. The molecule has 1 saturated heterocycles. The SMILES string of the molecule is C[C@H]1CNCCN1c1cnccn1. The lowest BCUT2D eigenvalue weighted by atomic mass is 10.2. The van der Waals surface area contributed by atoms with Gasteiger partial charge < -0.3 is 10.2 Å². The molecule has 13 heavy (non-hydrogen) atoms. The summed E-state index contributed by atoms with van der Waals surface area (Å²) in [5.74, 6) is 0.983. The van der Waals surface area contributed by atoms with Gasteiger partial charge in [-0.3, -0.25) is 4.98 Å². The summed E-state index contributed by atoms with van der Waals surface area (Å²) in [7, 11) is 0. The van der Waals surface area contributed by atoms with Crippen LogP contribution in [-0.4, -0.2) is 35.6 Å². The lowest BCUT2D eigenvalue weighted by Gasteiger charge is -2.34. The number of nitrogens with zero attached hydrogens (tertiary/aromatic N) is 3. The second-order valence-corrected chi connectivity index (χ2v) is 3.31. The first-order valence-electron chi connectivity index (χ1n) is 4.61. The standard InChI is InChI=1S/C9H14N4/c1-8-6-11-4-5-13(8)9-7-10-2-3-12-9/h2-3,7-8,11H,4-6H2,1H3/t8-/m0/s1. The van der Waals surface area contributed by atoms with Crippen molar-refractivity contribution >= 4 is 5.82 Å². The van der Waals surface area contributed by atoms with Gasteiger partial charge in [0.15, 0.2) is 0 Å². The Morgan fingerprint density at radius 3 is 3.15 bits per heavy atom. The first kappa shape index (κ1) is 8.44. The molecule has 4 heteroatoms. The molecule has 1 N–H and O–H groups in total. The Bertz CT molecular complexity index is 262. The maximum Gasteiger partial charge on any atom is 0.147 e. The fourth-order valence-electron chi connectivity index (χ4n) is 1.62. The van der Waals surface area contributed by atoms with Crippen LogP contribution in [0.3, 0.4) is 0 Å². The van der Waals surface area contributed by atoms with Crippen LogP contribution in [0.1, 0.15) is 6.92 Å². The summed E-state index contributed by atoms with van der Waals surface area (Å²) in [5, 5.41) is 3.34. The minimum atomic E-state index is 0.505. The van der Waals surface area contributed by atoms with Crippen LogP contribution in [0.4, 0.5) is 5.82 Å². The molecule has 0 amide bonds. The van der Waals surface area contributed by atoms with Gasteiger partial charge in [0.1, 0.15) is 5.82 Å². The molecule has 0 unspecified atom stereocenters. The Balaban J connectivity index is 2.15. The van der Waals surface area contributed by atoms with Gasteiger partial charge in [-0.1, -0.05) is 0 Å². The Hall–Kier alpha value is -1.16. The van der Waals surface area contributed by atoms with Gasteiger partial charge in [0, 0.05) is 38.1 Å². The highest BCUT2D eigenvalue weighted by Crippen LogP contribution is 2.12. The molecule has 2 rings (SSSR count). The quantitative estimate of drug-likeness (QED) is 0.670. The van der Waals surface area contributed by atoms with Crippen LogP contribution in [0, 0.1) is 0 Å². The predicted molar refractivity (Wildman–Crippen MR) is 51.7 cm³/mol. The summed E-state index contributed by atoms with van der Waals surface area (Å²) in [6, 6.07) is 0.505. The Morgan fingerprint density at radius 2 is 2.46 bits per heavy atom. The van der Waals surface area contributed by atoms with Gasteiger partial charge in [-0.2, -0.15) is 0 Å². The summed E-state index contributed by atoms with van der Waals surface area (Å²) >= 11 is 0. The fraction of sp³-hybridized carbons (Fsp3) is 0.556. The largest absolute Gasteiger partial charge is 0.350 e. The molecule has 70 valence electrons. The number of hydrogen-bond donors (Lipinski definition) is 1. The number of nitrogens with one attached hydrogen (secondary N) is 1. The van der Waals surface area contributed by atoms with Gasteiger partial charge in [-0.25, -0.2) is 4.98 Å². The Kier molecular flexibility index (Phi) is 2.40. The van der Waals surface area contributed by atoms with Gasteiger partial charge in [0.25, 0.3) is 0 Å². The molecule has 1 aromatic rings. The van der Waals surface area contributed by atoms with Crippen LogP contribution in [0.2, 0.25) is 0 Å². The van der Waals surface area contributed by atoms with Crippen molar-refractivity contribution in [2.24, 2.45) is 0 Å². The van der Waals surface area contributed by atoms with E-state index in [1.807, 2.05) is 6.20 Å². The molecule has 1 atom stereocenters. The zero-order valence-corrected chi connectivity index (χ0v) is 7.77. The summed E-state index contributed by atoms with van der Waals surface area (Å²) < 4.78 is 0. The third-order valence-corrected chi connectivity index (χ3v) is 2.35. The van der Waals surface area contributed by atoms with E-state index in [9.17, 15) is 0 Å². The first-order valence-corrected chi connectivity index (χ1v) is 4.61. The van der Waals surface area contributed by atoms with Crippen LogP contribution in [0.15, 0.2) is 18.6 Å². The Morgan fingerprint density at radius 1 is 1.54 bits per heavy atom. The third kappa shape index (κ3) is 1.78. The van der Waals surface area contributed by atoms with Gasteiger partial charge in [-0.15, -0.1) is 0 Å².